The highest BCUT2D eigenvalue weighted by Gasteiger charge is 2.15. The van der Waals surface area contributed by atoms with E-state index in [0.29, 0.717) is 17.2 Å². The molecule has 0 saturated carbocycles. The second-order valence-electron chi connectivity index (χ2n) is 4.70. The molecule has 5 heteroatoms. The number of carbonyl (C=O) groups is 1. The van der Waals surface area contributed by atoms with E-state index in [0.717, 1.165) is 5.56 Å². The van der Waals surface area contributed by atoms with Crippen molar-refractivity contribution in [2.45, 2.75) is 25.9 Å². The van der Waals surface area contributed by atoms with Crippen LogP contribution < -0.4 is 10.1 Å². The van der Waals surface area contributed by atoms with Crippen molar-refractivity contribution in [3.63, 3.8) is 0 Å². The summed E-state index contributed by atoms with van der Waals surface area (Å²) in [5, 5.41) is 21.3. The largest absolute Gasteiger partial charge is 0.496 e. The summed E-state index contributed by atoms with van der Waals surface area (Å²) in [6, 6.07) is 5.69. The van der Waals surface area contributed by atoms with Crippen LogP contribution in [0.2, 0.25) is 0 Å². The van der Waals surface area contributed by atoms with Crippen molar-refractivity contribution in [3.8, 4) is 5.75 Å². The normalized spacial score (nSPS) is 12.5. The fourth-order valence-electron chi connectivity index (χ4n) is 1.80. The van der Waals surface area contributed by atoms with Crippen LogP contribution in [0, 0.1) is 0 Å². The van der Waals surface area contributed by atoms with Crippen LogP contribution in [0.4, 0.5) is 0 Å². The van der Waals surface area contributed by atoms with Gasteiger partial charge in [-0.05, 0) is 23.6 Å². The van der Waals surface area contributed by atoms with Crippen molar-refractivity contribution in [1.29, 1.82) is 0 Å². The van der Waals surface area contributed by atoms with Gasteiger partial charge in [-0.2, -0.15) is 0 Å². The van der Waals surface area contributed by atoms with Gasteiger partial charge in [0.2, 0.25) is 0 Å². The maximum absolute atomic E-state index is 10.4. The first-order valence-corrected chi connectivity index (χ1v) is 6.24. The quantitative estimate of drug-likeness (QED) is 0.698. The van der Waals surface area contributed by atoms with Gasteiger partial charge in [-0.1, -0.05) is 19.9 Å². The van der Waals surface area contributed by atoms with Gasteiger partial charge in [-0.25, -0.2) is 0 Å². The van der Waals surface area contributed by atoms with E-state index in [-0.39, 0.29) is 13.1 Å². The zero-order valence-electron chi connectivity index (χ0n) is 11.5. The Morgan fingerprint density at radius 1 is 1.42 bits per heavy atom. The molecule has 0 bridgehead atoms. The molecule has 0 aliphatic rings. The van der Waals surface area contributed by atoms with Crippen molar-refractivity contribution < 1.29 is 19.7 Å². The molecule has 0 fully saturated rings. The SMILES string of the molecule is COc1ccc(C(C)C)cc1C(O)CNCC(=O)O. The smallest absolute Gasteiger partial charge is 0.317 e. The van der Waals surface area contributed by atoms with E-state index in [4.69, 9.17) is 9.84 Å². The summed E-state index contributed by atoms with van der Waals surface area (Å²) in [7, 11) is 1.55. The molecule has 1 aromatic rings. The highest BCUT2D eigenvalue weighted by Crippen LogP contribution is 2.28. The number of methoxy groups -OCH3 is 1. The molecule has 0 amide bonds. The molecule has 0 heterocycles. The van der Waals surface area contributed by atoms with E-state index in [1.165, 1.54) is 0 Å². The summed E-state index contributed by atoms with van der Waals surface area (Å²) < 4.78 is 5.22. The second-order valence-corrected chi connectivity index (χ2v) is 4.70. The highest BCUT2D eigenvalue weighted by molar-refractivity contribution is 5.69. The Labute approximate surface area is 113 Å². The molecule has 106 valence electrons. The number of aliphatic carboxylic acids is 1. The molecule has 19 heavy (non-hydrogen) atoms. The molecule has 1 unspecified atom stereocenters. The number of hydrogen-bond acceptors (Lipinski definition) is 4. The van der Waals surface area contributed by atoms with Crippen LogP contribution >= 0.6 is 0 Å². The summed E-state index contributed by atoms with van der Waals surface area (Å²) in [5.41, 5.74) is 1.78. The van der Waals surface area contributed by atoms with Gasteiger partial charge in [-0.3, -0.25) is 4.79 Å². The zero-order valence-corrected chi connectivity index (χ0v) is 11.5. The Bertz CT molecular complexity index is 431. The van der Waals surface area contributed by atoms with Gasteiger partial charge < -0.3 is 20.3 Å². The maximum atomic E-state index is 10.4. The van der Waals surface area contributed by atoms with E-state index in [2.05, 4.69) is 19.2 Å². The molecule has 0 aromatic heterocycles. The molecule has 1 aromatic carbocycles. The number of nitrogens with one attached hydrogen (secondary N) is 1. The van der Waals surface area contributed by atoms with Gasteiger partial charge in [0.25, 0.3) is 0 Å². The Morgan fingerprint density at radius 3 is 2.63 bits per heavy atom. The fraction of sp³-hybridized carbons (Fsp3) is 0.500. The zero-order chi connectivity index (χ0) is 14.4. The van der Waals surface area contributed by atoms with Crippen molar-refractivity contribution in [2.75, 3.05) is 20.2 Å². The van der Waals surface area contributed by atoms with E-state index < -0.39 is 12.1 Å². The van der Waals surface area contributed by atoms with Crippen LogP contribution in [0.5, 0.6) is 5.75 Å². The number of benzene rings is 1. The Morgan fingerprint density at radius 2 is 2.11 bits per heavy atom. The topological polar surface area (TPSA) is 78.8 Å². The third kappa shape index (κ3) is 4.54. The number of rotatable bonds is 7. The van der Waals surface area contributed by atoms with E-state index in [1.54, 1.807) is 7.11 Å². The van der Waals surface area contributed by atoms with E-state index >= 15 is 0 Å². The summed E-state index contributed by atoms with van der Waals surface area (Å²) in [4.78, 5) is 10.4. The molecule has 0 radical (unpaired) electrons. The molecule has 0 spiro atoms. The average molecular weight is 267 g/mol. The van der Waals surface area contributed by atoms with Crippen LogP contribution in [-0.2, 0) is 4.79 Å². The number of ether oxygens (including phenoxy) is 1. The van der Waals surface area contributed by atoms with Crippen molar-refractivity contribution in [1.82, 2.24) is 5.32 Å². The molecule has 5 nitrogen and oxygen atoms in total. The number of carboxylic acids is 1. The number of hydrogen-bond donors (Lipinski definition) is 3. The lowest BCUT2D eigenvalue weighted by atomic mass is 9.98. The van der Waals surface area contributed by atoms with E-state index in [1.807, 2.05) is 18.2 Å². The highest BCUT2D eigenvalue weighted by atomic mass is 16.5. The molecule has 0 saturated heterocycles. The van der Waals surface area contributed by atoms with Crippen molar-refractivity contribution >= 4 is 5.97 Å². The van der Waals surface area contributed by atoms with Crippen LogP contribution in [-0.4, -0.2) is 36.4 Å². The van der Waals surface area contributed by atoms with Gasteiger partial charge in [0.05, 0.1) is 19.8 Å². The second kappa shape index (κ2) is 7.11. The summed E-state index contributed by atoms with van der Waals surface area (Å²) in [6.45, 7) is 4.13. The molecule has 0 aliphatic heterocycles. The monoisotopic (exact) mass is 267 g/mol. The summed E-state index contributed by atoms with van der Waals surface area (Å²) >= 11 is 0. The van der Waals surface area contributed by atoms with Gasteiger partial charge in [0.15, 0.2) is 0 Å². The van der Waals surface area contributed by atoms with Gasteiger partial charge in [-0.15, -0.1) is 0 Å². The first-order chi connectivity index (χ1) is 8.95. The maximum Gasteiger partial charge on any atom is 0.317 e. The third-order valence-corrected chi connectivity index (χ3v) is 2.89. The van der Waals surface area contributed by atoms with Crippen LogP contribution in [0.15, 0.2) is 18.2 Å². The minimum Gasteiger partial charge on any atom is -0.496 e. The Hall–Kier alpha value is -1.59. The predicted octanol–water partition coefficient (Wildman–Crippen LogP) is 1.53. The minimum atomic E-state index is -0.949. The first-order valence-electron chi connectivity index (χ1n) is 6.24. The molecule has 1 atom stereocenters. The summed E-state index contributed by atoms with van der Waals surface area (Å²) in [5.74, 6) is 0.00737. The summed E-state index contributed by atoms with van der Waals surface area (Å²) in [6.07, 6.45) is -0.798. The van der Waals surface area contributed by atoms with Crippen LogP contribution in [0.3, 0.4) is 0 Å². The molecular weight excluding hydrogens is 246 g/mol. The van der Waals surface area contributed by atoms with Gasteiger partial charge in [0, 0.05) is 12.1 Å². The number of aliphatic hydroxyl groups excluding tert-OH is 1. The standard InChI is InChI=1S/C14H21NO4/c1-9(2)10-4-5-13(19-3)11(6-10)12(16)7-15-8-14(17)18/h4-6,9,12,15-16H,7-8H2,1-3H3,(H,17,18). The lowest BCUT2D eigenvalue weighted by Gasteiger charge is -2.17. The molecule has 1 rings (SSSR count). The number of aliphatic hydroxyl groups is 1. The fourth-order valence-corrected chi connectivity index (χ4v) is 1.80. The Kier molecular flexibility index (Phi) is 5.79. The van der Waals surface area contributed by atoms with Crippen molar-refractivity contribution in [2.24, 2.45) is 0 Å². The number of carboxylic acid groups (broad SMARTS) is 1. The van der Waals surface area contributed by atoms with Crippen LogP contribution in [0.25, 0.3) is 0 Å². The predicted molar refractivity (Wildman–Crippen MR) is 72.5 cm³/mol. The molecular formula is C14H21NO4. The minimum absolute atomic E-state index is 0.171. The Balaban J connectivity index is 2.83. The molecule has 0 aliphatic carbocycles. The first kappa shape index (κ1) is 15.5. The van der Waals surface area contributed by atoms with Gasteiger partial charge in [0.1, 0.15) is 5.75 Å². The lowest BCUT2D eigenvalue weighted by Crippen LogP contribution is -2.27. The average Bonchev–Trinajstić information content (AvgIpc) is 2.37. The van der Waals surface area contributed by atoms with Crippen molar-refractivity contribution in [3.05, 3.63) is 29.3 Å². The van der Waals surface area contributed by atoms with Gasteiger partial charge >= 0.3 is 5.97 Å². The van der Waals surface area contributed by atoms with E-state index in [9.17, 15) is 9.90 Å². The third-order valence-electron chi connectivity index (χ3n) is 2.89. The van der Waals surface area contributed by atoms with Crippen LogP contribution in [0.1, 0.15) is 37.0 Å². The molecule has 3 N–H and O–H groups in total. The lowest BCUT2D eigenvalue weighted by molar-refractivity contribution is -0.136.